The minimum absolute atomic E-state index is 0.0533. The third kappa shape index (κ3) is 38.0. The van der Waals surface area contributed by atoms with Gasteiger partial charge in [0.05, 0.1) is 5.56 Å². The zero-order valence-corrected chi connectivity index (χ0v) is 47.1. The van der Waals surface area contributed by atoms with Crippen LogP contribution in [0.25, 0.3) is 0 Å². The fraction of sp³-hybridized carbons (Fsp3) is 0.793. The quantitative estimate of drug-likeness (QED) is 0.0363. The van der Waals surface area contributed by atoms with Gasteiger partial charge in [0.25, 0.3) is 5.91 Å². The number of carbonyl (C=O) groups is 6. The lowest BCUT2D eigenvalue weighted by Gasteiger charge is -2.25. The summed E-state index contributed by atoms with van der Waals surface area (Å²) < 4.78 is 37.5. The maximum atomic E-state index is 15.3. The van der Waals surface area contributed by atoms with Gasteiger partial charge in [0.15, 0.2) is 0 Å². The second kappa shape index (κ2) is 40.7. The zero-order chi connectivity index (χ0) is 53.5. The third-order valence-electron chi connectivity index (χ3n) is 12.0. The molecule has 1 rings (SSSR count). The molecule has 0 heterocycles. The van der Waals surface area contributed by atoms with Gasteiger partial charge in [0.1, 0.15) is 35.8 Å². The summed E-state index contributed by atoms with van der Waals surface area (Å²) >= 11 is 1.39. The van der Waals surface area contributed by atoms with E-state index in [1.807, 2.05) is 0 Å². The molecule has 1 aromatic rings. The van der Waals surface area contributed by atoms with E-state index in [0.29, 0.717) is 24.3 Å². The monoisotopic (exact) mass is 1030 g/mol. The molecule has 12 nitrogen and oxygen atoms in total. The van der Waals surface area contributed by atoms with Crippen molar-refractivity contribution in [2.75, 3.05) is 23.4 Å². The van der Waals surface area contributed by atoms with Crippen LogP contribution in [0.5, 0.6) is 0 Å². The summed E-state index contributed by atoms with van der Waals surface area (Å²) in [5, 5.41) is 5.14. The Morgan fingerprint density at radius 1 is 0.569 bits per heavy atom. The summed E-state index contributed by atoms with van der Waals surface area (Å²) in [6.45, 7) is 14.6. The lowest BCUT2D eigenvalue weighted by Crippen LogP contribution is -2.44. The number of hydrogen-bond acceptors (Lipinski definition) is 11. The predicted molar refractivity (Wildman–Crippen MR) is 291 cm³/mol. The van der Waals surface area contributed by atoms with E-state index in [4.69, 9.17) is 18.9 Å². The van der Waals surface area contributed by atoms with Gasteiger partial charge in [0.2, 0.25) is 5.91 Å². The average Bonchev–Trinajstić information content (AvgIpc) is 3.30. The van der Waals surface area contributed by atoms with Gasteiger partial charge in [-0.1, -0.05) is 168 Å². The van der Waals surface area contributed by atoms with Crippen molar-refractivity contribution in [2.45, 2.75) is 278 Å². The predicted octanol–water partition coefficient (Wildman–Crippen LogP) is 14.9. The van der Waals surface area contributed by atoms with Gasteiger partial charge in [-0.2, -0.15) is 11.8 Å². The van der Waals surface area contributed by atoms with Crippen molar-refractivity contribution < 1.29 is 52.1 Å². The van der Waals surface area contributed by atoms with E-state index in [1.165, 1.54) is 152 Å². The Balaban J connectivity index is 2.67. The van der Waals surface area contributed by atoms with Gasteiger partial charge >= 0.3 is 23.9 Å². The number of carbonyl (C=O) groups excluding carboxylic acids is 6. The van der Waals surface area contributed by atoms with Crippen molar-refractivity contribution in [1.29, 1.82) is 0 Å². The van der Waals surface area contributed by atoms with Gasteiger partial charge < -0.3 is 29.6 Å². The zero-order valence-electron chi connectivity index (χ0n) is 46.3. The number of ether oxygens (including phenoxy) is 4. The third-order valence-corrected chi connectivity index (χ3v) is 13.1. The van der Waals surface area contributed by atoms with Crippen molar-refractivity contribution in [2.24, 2.45) is 0 Å². The second-order valence-electron chi connectivity index (χ2n) is 21.5. The molecular formula is C58H99FN2O10S. The summed E-state index contributed by atoms with van der Waals surface area (Å²) in [7, 11) is 0. The molecule has 1 unspecified atom stereocenters. The number of esters is 4. The standard InChI is InChI=1S/C58H99FN2O10S/c1-9-11-13-15-17-19-21-23-25-27-29-31-33-35-52(63)68-44-47(69-53(64)36-34-32-30-28-26-24-22-20-18-16-14-12-10-2)45-72-42-41-51(62)60-46-37-38-48(49(59)43-46)55(66)61-50(56(67)71-58(6,7)8)39-40-54(65)70-57(3,4)5/h37-38,43,47,50H,9-36,39-42,44-45H2,1-8H3,(H,60,62)(H,61,66)/t47?,50-/m0/s1. The maximum Gasteiger partial charge on any atom is 0.329 e. The summed E-state index contributed by atoms with van der Waals surface area (Å²) in [6.07, 6.45) is 31.2. The van der Waals surface area contributed by atoms with Crippen LogP contribution in [0.2, 0.25) is 0 Å². The van der Waals surface area contributed by atoms with E-state index >= 15 is 4.39 Å². The number of benzene rings is 1. The first-order valence-electron chi connectivity index (χ1n) is 28.1. The summed E-state index contributed by atoms with van der Waals surface area (Å²) in [5.74, 6) is -3.53. The van der Waals surface area contributed by atoms with E-state index in [9.17, 15) is 28.8 Å². The van der Waals surface area contributed by atoms with Crippen LogP contribution in [0.3, 0.4) is 0 Å². The molecule has 0 radical (unpaired) electrons. The Hall–Kier alpha value is -3.68. The van der Waals surface area contributed by atoms with Gasteiger partial charge in [-0.05, 0) is 79.0 Å². The number of nitrogens with one attached hydrogen (secondary N) is 2. The normalized spacial score (nSPS) is 12.5. The van der Waals surface area contributed by atoms with Crippen molar-refractivity contribution in [3.8, 4) is 0 Å². The maximum absolute atomic E-state index is 15.3. The molecule has 0 aliphatic heterocycles. The molecule has 0 aromatic heterocycles. The van der Waals surface area contributed by atoms with Crippen LogP contribution in [0, 0.1) is 5.82 Å². The number of thioether (sulfide) groups is 1. The number of amides is 2. The first-order valence-corrected chi connectivity index (χ1v) is 29.3. The Bertz CT molecular complexity index is 1660. The van der Waals surface area contributed by atoms with Crippen molar-refractivity contribution in [3.05, 3.63) is 29.6 Å². The molecule has 0 aliphatic rings. The Morgan fingerprint density at radius 2 is 1.03 bits per heavy atom. The van der Waals surface area contributed by atoms with E-state index < -0.39 is 52.9 Å². The smallest absolute Gasteiger partial charge is 0.329 e. The highest BCUT2D eigenvalue weighted by Gasteiger charge is 2.29. The van der Waals surface area contributed by atoms with E-state index in [-0.39, 0.29) is 49.1 Å². The molecule has 0 bridgehead atoms. The topological polar surface area (TPSA) is 163 Å². The fourth-order valence-corrected chi connectivity index (χ4v) is 9.01. The van der Waals surface area contributed by atoms with Crippen LogP contribution in [0.4, 0.5) is 10.1 Å². The fourth-order valence-electron chi connectivity index (χ4n) is 8.09. The molecule has 0 saturated heterocycles. The molecule has 0 fully saturated rings. The molecule has 414 valence electrons. The van der Waals surface area contributed by atoms with Gasteiger partial charge in [0, 0.05) is 42.9 Å². The molecule has 72 heavy (non-hydrogen) atoms. The van der Waals surface area contributed by atoms with E-state index in [1.54, 1.807) is 41.5 Å². The summed E-state index contributed by atoms with van der Waals surface area (Å²) in [4.78, 5) is 77.2. The Kier molecular flexibility index (Phi) is 37.5. The van der Waals surface area contributed by atoms with Crippen LogP contribution in [0.15, 0.2) is 18.2 Å². The minimum atomic E-state index is -1.26. The average molecular weight is 1040 g/mol. The van der Waals surface area contributed by atoms with Crippen LogP contribution >= 0.6 is 11.8 Å². The Labute approximate surface area is 439 Å². The van der Waals surface area contributed by atoms with Crippen molar-refractivity contribution in [3.63, 3.8) is 0 Å². The van der Waals surface area contributed by atoms with Crippen molar-refractivity contribution >= 4 is 53.1 Å². The lowest BCUT2D eigenvalue weighted by molar-refractivity contribution is -0.158. The van der Waals surface area contributed by atoms with Crippen LogP contribution in [0.1, 0.15) is 265 Å². The van der Waals surface area contributed by atoms with Gasteiger partial charge in [-0.25, -0.2) is 9.18 Å². The first-order chi connectivity index (χ1) is 34.3. The number of hydrogen-bond donors (Lipinski definition) is 2. The van der Waals surface area contributed by atoms with E-state index in [0.717, 1.165) is 44.6 Å². The highest BCUT2D eigenvalue weighted by molar-refractivity contribution is 7.99. The summed E-state index contributed by atoms with van der Waals surface area (Å²) in [5.41, 5.74) is -1.86. The Morgan fingerprint density at radius 3 is 1.49 bits per heavy atom. The molecule has 2 amide bonds. The van der Waals surface area contributed by atoms with Crippen LogP contribution in [-0.4, -0.2) is 77.2 Å². The molecule has 0 saturated carbocycles. The lowest BCUT2D eigenvalue weighted by atomic mass is 10.0. The molecule has 2 N–H and O–H groups in total. The van der Waals surface area contributed by atoms with Crippen LogP contribution < -0.4 is 10.6 Å². The number of rotatable bonds is 43. The molecule has 0 spiro atoms. The number of anilines is 1. The second-order valence-corrected chi connectivity index (χ2v) is 22.7. The van der Waals surface area contributed by atoms with Gasteiger partial charge in [-0.15, -0.1) is 0 Å². The SMILES string of the molecule is CCCCCCCCCCCCCCCC(=O)OCC(CSCCC(=O)Nc1ccc(C(=O)N[C@@H](CCC(=O)OC(C)(C)C)C(=O)OC(C)(C)C)c(F)c1)OC(=O)CCCCCCCCCCCCCCC. The molecular weight excluding hydrogens is 936 g/mol. The minimum Gasteiger partial charge on any atom is -0.462 e. The highest BCUT2D eigenvalue weighted by atomic mass is 32.2. The largest absolute Gasteiger partial charge is 0.462 e. The highest BCUT2D eigenvalue weighted by Crippen LogP contribution is 2.20. The molecule has 0 aliphatic carbocycles. The number of halogens is 1. The van der Waals surface area contributed by atoms with Crippen molar-refractivity contribution in [1.82, 2.24) is 5.32 Å². The molecule has 2 atom stereocenters. The molecule has 1 aromatic carbocycles. The molecule has 14 heteroatoms. The van der Waals surface area contributed by atoms with Gasteiger partial charge in [-0.3, -0.25) is 24.0 Å². The van der Waals surface area contributed by atoms with E-state index in [2.05, 4.69) is 24.5 Å². The summed E-state index contributed by atoms with van der Waals surface area (Å²) in [6, 6.07) is 2.34. The first kappa shape index (κ1) is 66.3. The number of unbranched alkanes of at least 4 members (excludes halogenated alkanes) is 24. The van der Waals surface area contributed by atoms with Crippen LogP contribution in [-0.2, 0) is 42.9 Å².